The third-order valence-corrected chi connectivity index (χ3v) is 9.59. The molecule has 14 heteroatoms. The zero-order chi connectivity index (χ0) is 32.8. The van der Waals surface area contributed by atoms with Gasteiger partial charge in [-0.05, 0) is 62.9 Å². The van der Waals surface area contributed by atoms with Crippen molar-refractivity contribution in [2.24, 2.45) is 0 Å². The van der Waals surface area contributed by atoms with Gasteiger partial charge in [0, 0.05) is 16.5 Å². The van der Waals surface area contributed by atoms with Crippen LogP contribution in [0.2, 0.25) is 0 Å². The number of anilines is 1. The van der Waals surface area contributed by atoms with Gasteiger partial charge in [-0.3, -0.25) is 14.2 Å². The number of amides is 2. The van der Waals surface area contributed by atoms with E-state index in [0.29, 0.717) is 50.0 Å². The van der Waals surface area contributed by atoms with Gasteiger partial charge in [0.2, 0.25) is 5.91 Å². The molecule has 4 aromatic rings. The van der Waals surface area contributed by atoms with Crippen LogP contribution in [0, 0.1) is 0 Å². The SMILES string of the molecule is CCOC(=O)c1c(NC(=O)C(C)Sc2nnc(CNC(=O)c3cc(OC)cc(OC)c3)n2-c2ccccc2OC)sc2c1CCC2. The number of rotatable bonds is 13. The lowest BCUT2D eigenvalue weighted by molar-refractivity contribution is -0.115. The number of ether oxygens (including phenoxy) is 4. The van der Waals surface area contributed by atoms with Gasteiger partial charge >= 0.3 is 5.97 Å². The number of nitrogens with one attached hydrogen (secondary N) is 2. The molecule has 0 saturated carbocycles. The minimum Gasteiger partial charge on any atom is -0.497 e. The van der Waals surface area contributed by atoms with Crippen molar-refractivity contribution in [3.63, 3.8) is 0 Å². The molecule has 2 amide bonds. The highest BCUT2D eigenvalue weighted by Gasteiger charge is 2.30. The third kappa shape index (κ3) is 6.97. The number of para-hydroxylation sites is 2. The zero-order valence-electron chi connectivity index (χ0n) is 26.2. The van der Waals surface area contributed by atoms with Gasteiger partial charge in [-0.15, -0.1) is 21.5 Å². The average Bonchev–Trinajstić information content (AvgIpc) is 3.78. The number of carbonyl (C=O) groups is 3. The van der Waals surface area contributed by atoms with Crippen molar-refractivity contribution in [2.45, 2.75) is 50.1 Å². The number of thioether (sulfide) groups is 1. The number of hydrogen-bond donors (Lipinski definition) is 2. The Kier molecular flexibility index (Phi) is 10.5. The standard InChI is InChI=1S/C32H35N5O7S2/c1-6-44-31(40)27-22-10-9-13-25(22)46-30(27)34-28(38)18(2)45-32-36-35-26(37(32)23-11-7-8-12-24(23)43-5)17-33-29(39)19-14-20(41-3)16-21(15-19)42-4/h7-8,11-12,14-16,18H,6,9-10,13,17H2,1-5H3,(H,33,39)(H,34,38). The van der Waals surface area contributed by atoms with Crippen LogP contribution in [0.1, 0.15) is 57.2 Å². The Morgan fingerprint density at radius 2 is 1.76 bits per heavy atom. The predicted molar refractivity (Wildman–Crippen MR) is 175 cm³/mol. The second kappa shape index (κ2) is 14.7. The van der Waals surface area contributed by atoms with Crippen LogP contribution in [-0.2, 0) is 28.9 Å². The van der Waals surface area contributed by atoms with Crippen molar-refractivity contribution in [1.29, 1.82) is 0 Å². The fraction of sp³-hybridized carbons (Fsp3) is 0.344. The summed E-state index contributed by atoms with van der Waals surface area (Å²) < 4.78 is 23.3. The molecule has 2 aromatic carbocycles. The topological polar surface area (TPSA) is 143 Å². The molecule has 0 bridgehead atoms. The quantitative estimate of drug-likeness (QED) is 0.147. The van der Waals surface area contributed by atoms with Crippen molar-refractivity contribution in [3.8, 4) is 22.9 Å². The second-order valence-corrected chi connectivity index (χ2v) is 12.6. The molecule has 2 N–H and O–H groups in total. The Hall–Kier alpha value is -4.56. The molecule has 46 heavy (non-hydrogen) atoms. The van der Waals surface area contributed by atoms with Crippen molar-refractivity contribution < 1.29 is 33.3 Å². The van der Waals surface area contributed by atoms with Crippen molar-refractivity contribution in [3.05, 3.63) is 69.9 Å². The van der Waals surface area contributed by atoms with Crippen molar-refractivity contribution >= 4 is 45.9 Å². The molecule has 1 aliphatic carbocycles. The minimum absolute atomic E-state index is 0.0220. The number of thiophene rings is 1. The van der Waals surface area contributed by atoms with Gasteiger partial charge in [0.1, 0.15) is 22.2 Å². The van der Waals surface area contributed by atoms with Crippen LogP contribution in [0.3, 0.4) is 0 Å². The Labute approximate surface area is 274 Å². The number of esters is 1. The Morgan fingerprint density at radius 3 is 2.46 bits per heavy atom. The first-order valence-electron chi connectivity index (χ1n) is 14.7. The van der Waals surface area contributed by atoms with E-state index in [4.69, 9.17) is 18.9 Å². The summed E-state index contributed by atoms with van der Waals surface area (Å²) in [6, 6.07) is 12.2. The molecule has 1 atom stereocenters. The predicted octanol–water partition coefficient (Wildman–Crippen LogP) is 5.07. The number of aromatic nitrogens is 3. The van der Waals surface area contributed by atoms with Crippen LogP contribution in [0.4, 0.5) is 5.00 Å². The molecule has 1 unspecified atom stereocenters. The van der Waals surface area contributed by atoms with Gasteiger partial charge in [0.25, 0.3) is 5.91 Å². The highest BCUT2D eigenvalue weighted by Crippen LogP contribution is 2.40. The highest BCUT2D eigenvalue weighted by atomic mass is 32.2. The summed E-state index contributed by atoms with van der Waals surface area (Å²) in [6.07, 6.45) is 2.63. The van der Waals surface area contributed by atoms with Crippen molar-refractivity contribution in [2.75, 3.05) is 33.3 Å². The minimum atomic E-state index is -0.628. The zero-order valence-corrected chi connectivity index (χ0v) is 27.8. The van der Waals surface area contributed by atoms with Crippen LogP contribution < -0.4 is 24.8 Å². The number of benzene rings is 2. The number of aryl methyl sites for hydroxylation is 1. The first kappa shape index (κ1) is 32.8. The maximum Gasteiger partial charge on any atom is 0.341 e. The number of fused-ring (bicyclic) bond motifs is 1. The largest absolute Gasteiger partial charge is 0.497 e. The molecule has 2 heterocycles. The van der Waals surface area contributed by atoms with Crippen LogP contribution in [0.5, 0.6) is 17.2 Å². The molecule has 242 valence electrons. The molecule has 5 rings (SSSR count). The van der Waals surface area contributed by atoms with Gasteiger partial charge in [0.05, 0.1) is 51.0 Å². The maximum absolute atomic E-state index is 13.5. The lowest BCUT2D eigenvalue weighted by Crippen LogP contribution is -2.25. The van der Waals surface area contributed by atoms with E-state index < -0.39 is 11.2 Å². The van der Waals surface area contributed by atoms with Crippen molar-refractivity contribution in [1.82, 2.24) is 20.1 Å². The third-order valence-electron chi connectivity index (χ3n) is 7.34. The summed E-state index contributed by atoms with van der Waals surface area (Å²) in [5.74, 6) is 0.845. The van der Waals surface area contributed by atoms with Gasteiger partial charge in [0.15, 0.2) is 11.0 Å². The molecule has 1 aliphatic rings. The molecule has 0 saturated heterocycles. The molecule has 0 radical (unpaired) electrons. The molecule has 0 fully saturated rings. The summed E-state index contributed by atoms with van der Waals surface area (Å²) >= 11 is 2.62. The Morgan fingerprint density at radius 1 is 1.02 bits per heavy atom. The van der Waals surface area contributed by atoms with Crippen LogP contribution in [0.25, 0.3) is 5.69 Å². The molecule has 0 aliphatic heterocycles. The lowest BCUT2D eigenvalue weighted by atomic mass is 10.1. The van der Waals surface area contributed by atoms with E-state index in [-0.39, 0.29) is 25.0 Å². The Bertz CT molecular complexity index is 1730. The average molecular weight is 666 g/mol. The first-order chi connectivity index (χ1) is 22.3. The smallest absolute Gasteiger partial charge is 0.341 e. The molecular formula is C32H35N5O7S2. The van der Waals surface area contributed by atoms with Gasteiger partial charge in [-0.1, -0.05) is 23.9 Å². The van der Waals surface area contributed by atoms with Gasteiger partial charge in [-0.25, -0.2) is 4.79 Å². The summed E-state index contributed by atoms with van der Waals surface area (Å²) in [5.41, 5.74) is 2.40. The first-order valence-corrected chi connectivity index (χ1v) is 16.4. The lowest BCUT2D eigenvalue weighted by Gasteiger charge is -2.16. The molecule has 2 aromatic heterocycles. The van der Waals surface area contributed by atoms with Gasteiger partial charge in [-0.2, -0.15) is 0 Å². The van der Waals surface area contributed by atoms with Crippen LogP contribution >= 0.6 is 23.1 Å². The summed E-state index contributed by atoms with van der Waals surface area (Å²) in [7, 11) is 4.58. The van der Waals surface area contributed by atoms with E-state index >= 15 is 0 Å². The fourth-order valence-electron chi connectivity index (χ4n) is 5.08. The highest BCUT2D eigenvalue weighted by molar-refractivity contribution is 8.00. The second-order valence-electron chi connectivity index (χ2n) is 10.2. The fourth-order valence-corrected chi connectivity index (χ4v) is 7.24. The van der Waals surface area contributed by atoms with E-state index in [2.05, 4.69) is 20.8 Å². The van der Waals surface area contributed by atoms with E-state index in [9.17, 15) is 14.4 Å². The van der Waals surface area contributed by atoms with E-state index in [0.717, 1.165) is 29.7 Å². The number of nitrogens with zero attached hydrogens (tertiary/aromatic N) is 3. The summed E-state index contributed by atoms with van der Waals surface area (Å²) in [5, 5.41) is 14.9. The van der Waals surface area contributed by atoms with E-state index in [1.54, 1.807) is 49.8 Å². The molecule has 12 nitrogen and oxygen atoms in total. The Balaban J connectivity index is 1.39. The van der Waals surface area contributed by atoms with Crippen LogP contribution in [0.15, 0.2) is 47.6 Å². The van der Waals surface area contributed by atoms with Crippen LogP contribution in [-0.4, -0.2) is 65.7 Å². The monoisotopic (exact) mass is 665 g/mol. The normalized spacial score (nSPS) is 12.6. The summed E-state index contributed by atoms with van der Waals surface area (Å²) in [6.45, 7) is 3.78. The molecular weight excluding hydrogens is 631 g/mol. The van der Waals surface area contributed by atoms with E-state index in [1.807, 2.05) is 18.2 Å². The van der Waals surface area contributed by atoms with E-state index in [1.165, 1.54) is 37.3 Å². The number of hydrogen-bond acceptors (Lipinski definition) is 11. The number of carbonyl (C=O) groups excluding carboxylic acids is 3. The molecule has 0 spiro atoms. The summed E-state index contributed by atoms with van der Waals surface area (Å²) in [4.78, 5) is 40.6. The number of methoxy groups -OCH3 is 3. The van der Waals surface area contributed by atoms with Gasteiger partial charge < -0.3 is 29.6 Å². The maximum atomic E-state index is 13.5.